The smallest absolute Gasteiger partial charge is 1.00 e. The summed E-state index contributed by atoms with van der Waals surface area (Å²) in [5, 5.41) is 0. The number of hydrogen-bond donors (Lipinski definition) is 3. The van der Waals surface area contributed by atoms with Gasteiger partial charge >= 0.3 is 128 Å². The van der Waals surface area contributed by atoms with Crippen LogP contribution in [-0.2, 0) is 13.4 Å². The molecule has 0 aromatic rings. The van der Waals surface area contributed by atoms with Crippen molar-refractivity contribution in [2.45, 2.75) is 0 Å². The van der Waals surface area contributed by atoms with E-state index >= 15 is 0 Å². The first kappa shape index (κ1) is 24.2. The molecule has 6 nitrogen and oxygen atoms in total. The summed E-state index contributed by atoms with van der Waals surface area (Å²) in [7, 11) is -7.96. The Morgan fingerprint density at radius 1 is 1.45 bits per heavy atom. The van der Waals surface area contributed by atoms with E-state index in [1.54, 1.807) is 0 Å². The third-order valence-corrected chi connectivity index (χ3v) is 1.59. The van der Waals surface area contributed by atoms with E-state index < -0.39 is 16.1 Å². The Kier molecular flexibility index (Phi) is 26.1. The van der Waals surface area contributed by atoms with Crippen LogP contribution in [0.15, 0.2) is 0 Å². The Balaban J connectivity index is -0.0000000117. The van der Waals surface area contributed by atoms with Crippen LogP contribution in [0, 0.1) is 0 Å². The van der Waals surface area contributed by atoms with Crippen molar-refractivity contribution < 1.29 is 144 Å². The van der Waals surface area contributed by atoms with Crippen molar-refractivity contribution in [3.63, 3.8) is 0 Å². The van der Waals surface area contributed by atoms with Crippen LogP contribution in [0.25, 0.3) is 0 Å². The summed E-state index contributed by atoms with van der Waals surface area (Å²) in [5.41, 5.74) is 0. The standard InChI is InChI=1S/K.2Na.H2O6P2.3H/c;;;1-7(2)6-8(3,4)5;;;/h;;;(H2-,1,2,3,4,5);;;/q3*+1;;3*-1/p+2. The van der Waals surface area contributed by atoms with Gasteiger partial charge in [0.25, 0.3) is 0 Å². The van der Waals surface area contributed by atoms with Gasteiger partial charge in [0.05, 0.1) is 0 Å². The van der Waals surface area contributed by atoms with E-state index in [0.29, 0.717) is 0 Å². The largest absolute Gasteiger partial charge is 1.00 e. The number of hydrogen-bond acceptors (Lipinski definition) is 3. The van der Waals surface area contributed by atoms with Gasteiger partial charge in [-0.15, -0.1) is 4.89 Å². The first-order valence-electron chi connectivity index (χ1n) is 1.33. The molecule has 0 rings (SSSR count). The molecule has 0 aromatic carbocycles. The Morgan fingerprint density at radius 2 is 1.73 bits per heavy atom. The number of phosphoric acid groups is 1. The van der Waals surface area contributed by atoms with Gasteiger partial charge in [0.1, 0.15) is 0 Å². The van der Waals surface area contributed by atoms with Crippen LogP contribution >= 0.6 is 16.1 Å². The molecular formula is H7KNa2O6P2+2. The molecule has 0 bridgehead atoms. The van der Waals surface area contributed by atoms with Crippen LogP contribution < -0.4 is 110 Å². The van der Waals surface area contributed by atoms with Gasteiger partial charge in [-0.2, -0.15) is 0 Å². The first-order chi connectivity index (χ1) is 3.42. The summed E-state index contributed by atoms with van der Waals surface area (Å²) < 4.78 is 22.2. The predicted molar refractivity (Wildman–Crippen MR) is 27.4 cm³/mol. The minimum absolute atomic E-state index is 0. The van der Waals surface area contributed by atoms with Gasteiger partial charge < -0.3 is 14.1 Å². The van der Waals surface area contributed by atoms with E-state index in [1.807, 2.05) is 0 Å². The normalized spacial score (nSPS) is 9.91. The summed E-state index contributed by atoms with van der Waals surface area (Å²) >= 11 is 0. The quantitative estimate of drug-likeness (QED) is 0.332. The van der Waals surface area contributed by atoms with Crippen LogP contribution in [0.2, 0.25) is 0 Å². The van der Waals surface area contributed by atoms with Gasteiger partial charge in [0.2, 0.25) is 0 Å². The van der Waals surface area contributed by atoms with Gasteiger partial charge in [-0.25, -0.2) is 4.57 Å². The molecule has 0 aliphatic rings. The fourth-order valence-electron chi connectivity index (χ4n) is 0.0910. The van der Waals surface area contributed by atoms with Crippen LogP contribution in [0.1, 0.15) is 5.71 Å². The van der Waals surface area contributed by atoms with E-state index in [1.165, 1.54) is 0 Å². The molecule has 0 spiro atoms. The topological polar surface area (TPSA) is 104 Å². The van der Waals surface area contributed by atoms with Crippen molar-refractivity contribution in [3.8, 4) is 0 Å². The molecule has 11 heteroatoms. The average molecular weight is 250 g/mol. The predicted octanol–water partition coefficient (Wildman–Crippen LogP) is -8.79. The summed E-state index contributed by atoms with van der Waals surface area (Å²) in [6, 6.07) is 0. The molecule has 11 heavy (non-hydrogen) atoms. The minimum Gasteiger partial charge on any atom is -1.00 e. The first-order valence-corrected chi connectivity index (χ1v) is 3.99. The second-order valence-electron chi connectivity index (χ2n) is 0.810. The molecule has 1 atom stereocenters. The maximum atomic E-state index is 9.57. The van der Waals surface area contributed by atoms with Gasteiger partial charge in [0.15, 0.2) is 0 Å². The van der Waals surface area contributed by atoms with Crippen molar-refractivity contribution in [1.29, 1.82) is 0 Å². The maximum absolute atomic E-state index is 9.57. The zero-order valence-electron chi connectivity index (χ0n) is 10.5. The SMILES string of the molecule is O=[P+](O)OP(=O)(O)O.[H+].[H-].[H-].[H-].[K+].[Na+].[Na+]. The third kappa shape index (κ3) is 24.8. The van der Waals surface area contributed by atoms with E-state index in [0.717, 1.165) is 0 Å². The second kappa shape index (κ2) is 11.9. The molecule has 3 N–H and O–H groups in total. The van der Waals surface area contributed by atoms with Crippen molar-refractivity contribution in [2.24, 2.45) is 0 Å². The van der Waals surface area contributed by atoms with Gasteiger partial charge in [-0.05, 0) is 4.31 Å². The molecule has 54 valence electrons. The zero-order valence-corrected chi connectivity index (χ0v) is 15.4. The second-order valence-corrected chi connectivity index (χ2v) is 2.92. The van der Waals surface area contributed by atoms with Crippen molar-refractivity contribution in [3.05, 3.63) is 0 Å². The zero-order chi connectivity index (χ0) is 6.78. The molecule has 0 saturated heterocycles. The summed E-state index contributed by atoms with van der Waals surface area (Å²) in [5.74, 6) is 0. The third-order valence-electron chi connectivity index (χ3n) is 0.176. The van der Waals surface area contributed by atoms with E-state index in [9.17, 15) is 9.13 Å². The van der Waals surface area contributed by atoms with Crippen molar-refractivity contribution >= 4 is 16.1 Å². The Morgan fingerprint density at radius 3 is 1.73 bits per heavy atom. The van der Waals surface area contributed by atoms with Gasteiger partial charge in [-0.3, -0.25) is 0 Å². The van der Waals surface area contributed by atoms with Crippen LogP contribution in [0.5, 0.6) is 0 Å². The molecular weight excluding hydrogens is 243 g/mol. The Labute approximate surface area is 157 Å². The molecule has 1 unspecified atom stereocenters. The van der Waals surface area contributed by atoms with Crippen LogP contribution in [-0.4, -0.2) is 14.7 Å². The fourth-order valence-corrected chi connectivity index (χ4v) is 0.819. The van der Waals surface area contributed by atoms with Gasteiger partial charge in [0, 0.05) is 4.57 Å². The van der Waals surface area contributed by atoms with Crippen molar-refractivity contribution in [1.82, 2.24) is 0 Å². The van der Waals surface area contributed by atoms with E-state index in [2.05, 4.69) is 4.31 Å². The van der Waals surface area contributed by atoms with Crippen LogP contribution in [0.4, 0.5) is 0 Å². The van der Waals surface area contributed by atoms with Crippen molar-refractivity contribution in [2.75, 3.05) is 0 Å². The minimum atomic E-state index is -4.76. The van der Waals surface area contributed by atoms with Gasteiger partial charge in [-0.1, -0.05) is 0 Å². The summed E-state index contributed by atoms with van der Waals surface area (Å²) in [6.45, 7) is 0. The number of rotatable bonds is 2. The molecule has 0 amide bonds. The average Bonchev–Trinajstić information content (AvgIpc) is 1.21. The molecule has 0 radical (unpaired) electrons. The molecule has 0 aliphatic carbocycles. The van der Waals surface area contributed by atoms with Crippen LogP contribution in [0.3, 0.4) is 0 Å². The van der Waals surface area contributed by atoms with E-state index in [4.69, 9.17) is 14.7 Å². The molecule has 0 fully saturated rings. The molecule has 0 aliphatic heterocycles. The molecule has 0 aromatic heterocycles. The van der Waals surface area contributed by atoms with E-state index in [-0.39, 0.29) is 116 Å². The Hall–Kier alpha value is 3.81. The monoisotopic (exact) mass is 250 g/mol. The molecule has 0 heterocycles. The molecule has 0 saturated carbocycles. The maximum Gasteiger partial charge on any atom is 1.00 e. The summed E-state index contributed by atoms with van der Waals surface area (Å²) in [4.78, 5) is 23.1. The summed E-state index contributed by atoms with van der Waals surface area (Å²) in [6.07, 6.45) is 0. The fraction of sp³-hybridized carbons (Fsp3) is 0. The Bertz CT molecular complexity index is 154.